The highest BCUT2D eigenvalue weighted by Gasteiger charge is 2.26. The molecule has 6 nitrogen and oxygen atoms in total. The average Bonchev–Trinajstić information content (AvgIpc) is 2.43. The lowest BCUT2D eigenvalue weighted by molar-refractivity contribution is -0.139. The molecule has 7 heteroatoms. The summed E-state index contributed by atoms with van der Waals surface area (Å²) in [5, 5.41) is 0. The number of nitrogens with zero attached hydrogens (tertiary/aromatic N) is 2. The fraction of sp³-hybridized carbons (Fsp3) is 0.333. The maximum absolute atomic E-state index is 12.1. The van der Waals surface area contributed by atoms with Crippen LogP contribution in [0.15, 0.2) is 34.4 Å². The second-order valence-electron chi connectivity index (χ2n) is 5.22. The summed E-state index contributed by atoms with van der Waals surface area (Å²) in [5.41, 5.74) is 3.30. The van der Waals surface area contributed by atoms with E-state index in [0.29, 0.717) is 0 Å². The zero-order valence-electron chi connectivity index (χ0n) is 13.0. The Morgan fingerprint density at radius 1 is 1.27 bits per heavy atom. The van der Waals surface area contributed by atoms with Gasteiger partial charge in [-0.15, -0.1) is 4.40 Å². The van der Waals surface area contributed by atoms with Crippen molar-refractivity contribution in [1.29, 1.82) is 0 Å². The van der Waals surface area contributed by atoms with Gasteiger partial charge in [0.05, 0.1) is 11.3 Å². The van der Waals surface area contributed by atoms with Gasteiger partial charge in [-0.25, -0.2) is 4.79 Å². The summed E-state index contributed by atoms with van der Waals surface area (Å²) in [5.74, 6) is -0.594. The van der Waals surface area contributed by atoms with Gasteiger partial charge in [0.25, 0.3) is 0 Å². The fourth-order valence-electron chi connectivity index (χ4n) is 2.01. The molecular weight excluding hydrogens is 304 g/mol. The van der Waals surface area contributed by atoms with Crippen molar-refractivity contribution in [2.24, 2.45) is 4.40 Å². The van der Waals surface area contributed by atoms with Crippen molar-refractivity contribution in [3.8, 4) is 0 Å². The van der Waals surface area contributed by atoms with E-state index in [9.17, 15) is 13.2 Å². The normalized spacial score (nSPS) is 16.8. The van der Waals surface area contributed by atoms with Gasteiger partial charge >= 0.3 is 16.2 Å². The standard InChI is InChI=1S/C15H18N2O4S/c1-10-5-6-11(2)13(7-10)9-21-15(18)14-8-17(4)22(19,20)16-12(14)3/h5-8H,9H2,1-4H3. The first-order valence-corrected chi connectivity index (χ1v) is 8.10. The predicted octanol–water partition coefficient (Wildman–Crippen LogP) is 1.88. The molecule has 118 valence electrons. The molecule has 0 spiro atoms. The number of carbonyl (C=O) groups is 1. The molecule has 0 atom stereocenters. The van der Waals surface area contributed by atoms with Crippen LogP contribution in [0.3, 0.4) is 0 Å². The second kappa shape index (κ2) is 5.92. The fourth-order valence-corrected chi connectivity index (χ4v) is 2.82. The monoisotopic (exact) mass is 322 g/mol. The average molecular weight is 322 g/mol. The largest absolute Gasteiger partial charge is 0.457 e. The van der Waals surface area contributed by atoms with Crippen LogP contribution in [0.25, 0.3) is 0 Å². The topological polar surface area (TPSA) is 76.0 Å². The summed E-state index contributed by atoms with van der Waals surface area (Å²) in [6.45, 7) is 5.50. The van der Waals surface area contributed by atoms with Crippen LogP contribution in [-0.2, 0) is 26.3 Å². The molecule has 0 saturated carbocycles. The maximum Gasteiger partial charge on any atom is 0.344 e. The van der Waals surface area contributed by atoms with Crippen molar-refractivity contribution in [1.82, 2.24) is 4.31 Å². The van der Waals surface area contributed by atoms with Crippen LogP contribution >= 0.6 is 0 Å². The van der Waals surface area contributed by atoms with Gasteiger partial charge in [0.1, 0.15) is 6.61 Å². The van der Waals surface area contributed by atoms with Crippen LogP contribution in [0.4, 0.5) is 0 Å². The first-order valence-electron chi connectivity index (χ1n) is 6.70. The van der Waals surface area contributed by atoms with Crippen molar-refractivity contribution in [3.63, 3.8) is 0 Å². The number of benzene rings is 1. The van der Waals surface area contributed by atoms with Gasteiger partial charge in [-0.2, -0.15) is 8.42 Å². The molecule has 1 aromatic rings. The molecule has 2 rings (SSSR count). The third kappa shape index (κ3) is 3.36. The Labute approximate surface area is 130 Å². The lowest BCUT2D eigenvalue weighted by Gasteiger charge is -2.19. The molecule has 1 aliphatic rings. The molecule has 1 aliphatic heterocycles. The highest BCUT2D eigenvalue weighted by molar-refractivity contribution is 7.88. The summed E-state index contributed by atoms with van der Waals surface area (Å²) in [7, 11) is -2.40. The SMILES string of the molecule is CC1=NS(=O)(=O)N(C)C=C1C(=O)OCc1cc(C)ccc1C. The molecule has 0 N–H and O–H groups in total. The van der Waals surface area contributed by atoms with Crippen LogP contribution in [0.2, 0.25) is 0 Å². The van der Waals surface area contributed by atoms with E-state index in [2.05, 4.69) is 4.40 Å². The number of carbonyl (C=O) groups excluding carboxylic acids is 1. The zero-order chi connectivity index (χ0) is 16.5. The van der Waals surface area contributed by atoms with E-state index < -0.39 is 16.2 Å². The highest BCUT2D eigenvalue weighted by Crippen LogP contribution is 2.17. The van der Waals surface area contributed by atoms with E-state index in [0.717, 1.165) is 21.0 Å². The second-order valence-corrected chi connectivity index (χ2v) is 6.87. The molecule has 0 fully saturated rings. The van der Waals surface area contributed by atoms with Gasteiger partial charge in [0.2, 0.25) is 0 Å². The van der Waals surface area contributed by atoms with Crippen molar-refractivity contribution in [2.75, 3.05) is 7.05 Å². The molecule has 0 aliphatic carbocycles. The number of aryl methyl sites for hydroxylation is 2. The van der Waals surface area contributed by atoms with E-state index >= 15 is 0 Å². The Kier molecular flexibility index (Phi) is 4.37. The first kappa shape index (κ1) is 16.2. The van der Waals surface area contributed by atoms with Crippen LogP contribution in [0.1, 0.15) is 23.6 Å². The smallest absolute Gasteiger partial charge is 0.344 e. The number of ether oxygens (including phenoxy) is 1. The van der Waals surface area contributed by atoms with Gasteiger partial charge < -0.3 is 4.74 Å². The number of esters is 1. The van der Waals surface area contributed by atoms with Crippen molar-refractivity contribution < 1.29 is 17.9 Å². The van der Waals surface area contributed by atoms with Gasteiger partial charge in [-0.05, 0) is 31.9 Å². The Balaban J connectivity index is 2.14. The summed E-state index contributed by atoms with van der Waals surface area (Å²) in [6, 6.07) is 5.90. The Morgan fingerprint density at radius 2 is 1.95 bits per heavy atom. The number of hydrogen-bond acceptors (Lipinski definition) is 4. The minimum absolute atomic E-state index is 0.129. The Hall–Kier alpha value is -2.15. The Morgan fingerprint density at radius 3 is 2.64 bits per heavy atom. The third-order valence-corrected chi connectivity index (χ3v) is 4.74. The van der Waals surface area contributed by atoms with Crippen molar-refractivity contribution in [2.45, 2.75) is 27.4 Å². The van der Waals surface area contributed by atoms with Gasteiger partial charge in [-0.3, -0.25) is 4.31 Å². The first-order chi connectivity index (χ1) is 10.2. The van der Waals surface area contributed by atoms with Crippen molar-refractivity contribution >= 4 is 21.9 Å². The van der Waals surface area contributed by atoms with E-state index in [1.165, 1.54) is 20.2 Å². The molecule has 0 radical (unpaired) electrons. The molecule has 0 saturated heterocycles. The van der Waals surface area contributed by atoms with Gasteiger partial charge in [0.15, 0.2) is 0 Å². The third-order valence-electron chi connectivity index (χ3n) is 3.40. The minimum atomic E-state index is -3.72. The quantitative estimate of drug-likeness (QED) is 0.796. The van der Waals surface area contributed by atoms with E-state index in [4.69, 9.17) is 4.74 Å². The summed E-state index contributed by atoms with van der Waals surface area (Å²) in [6.07, 6.45) is 1.23. The zero-order valence-corrected chi connectivity index (χ0v) is 13.8. The van der Waals surface area contributed by atoms with Gasteiger partial charge in [-0.1, -0.05) is 23.8 Å². The van der Waals surface area contributed by atoms with Crippen LogP contribution in [0.5, 0.6) is 0 Å². The molecule has 1 heterocycles. The van der Waals surface area contributed by atoms with E-state index in [1.807, 2.05) is 32.0 Å². The lowest BCUT2D eigenvalue weighted by Crippen LogP contribution is -2.29. The van der Waals surface area contributed by atoms with E-state index in [-0.39, 0.29) is 17.9 Å². The van der Waals surface area contributed by atoms with Crippen molar-refractivity contribution in [3.05, 3.63) is 46.7 Å². The van der Waals surface area contributed by atoms with Gasteiger partial charge in [0, 0.05) is 13.2 Å². The predicted molar refractivity (Wildman–Crippen MR) is 83.6 cm³/mol. The molecule has 0 amide bonds. The lowest BCUT2D eigenvalue weighted by atomic mass is 10.1. The summed E-state index contributed by atoms with van der Waals surface area (Å²) >= 11 is 0. The molecule has 0 unspecified atom stereocenters. The summed E-state index contributed by atoms with van der Waals surface area (Å²) < 4.78 is 32.8. The van der Waals surface area contributed by atoms with Crippen LogP contribution in [0, 0.1) is 13.8 Å². The van der Waals surface area contributed by atoms with Crippen LogP contribution < -0.4 is 0 Å². The summed E-state index contributed by atoms with van der Waals surface area (Å²) in [4.78, 5) is 12.1. The molecule has 0 bridgehead atoms. The Bertz CT molecular complexity index is 779. The van der Waals surface area contributed by atoms with E-state index in [1.54, 1.807) is 0 Å². The highest BCUT2D eigenvalue weighted by atomic mass is 32.2. The molecule has 0 aromatic heterocycles. The number of rotatable bonds is 3. The number of hydrogen-bond donors (Lipinski definition) is 0. The molecule has 1 aromatic carbocycles. The molecule has 22 heavy (non-hydrogen) atoms. The molecular formula is C15H18N2O4S. The maximum atomic E-state index is 12.1. The minimum Gasteiger partial charge on any atom is -0.457 e. The van der Waals surface area contributed by atoms with Crippen LogP contribution in [-0.4, -0.2) is 31.5 Å².